The van der Waals surface area contributed by atoms with Crippen molar-refractivity contribution in [2.75, 3.05) is 20.8 Å². The smallest absolute Gasteiger partial charge is 0.220 e. The van der Waals surface area contributed by atoms with Gasteiger partial charge in [-0.3, -0.25) is 0 Å². The fourth-order valence-corrected chi connectivity index (χ4v) is 2.78. The van der Waals surface area contributed by atoms with Crippen LogP contribution in [0.25, 0.3) is 0 Å². The first-order valence-electron chi connectivity index (χ1n) is 5.80. The van der Waals surface area contributed by atoms with Crippen molar-refractivity contribution in [3.63, 3.8) is 0 Å². The molecule has 0 spiro atoms. The molecule has 0 amide bonds. The number of pyridine rings is 1. The van der Waals surface area contributed by atoms with Crippen LogP contribution in [-0.2, 0) is 5.41 Å². The first-order chi connectivity index (χ1) is 8.02. The second-order valence-electron chi connectivity index (χ2n) is 5.24. The van der Waals surface area contributed by atoms with Crippen LogP contribution in [0.4, 0.5) is 0 Å². The molecule has 1 fully saturated rings. The summed E-state index contributed by atoms with van der Waals surface area (Å²) in [4.78, 5) is 4.27. The fraction of sp³-hybridized carbons (Fsp3) is 0.615. The zero-order chi connectivity index (χ0) is 12.7. The van der Waals surface area contributed by atoms with Crippen LogP contribution in [0, 0.1) is 5.41 Å². The first-order valence-corrected chi connectivity index (χ1v) is 5.80. The molecule has 4 heteroatoms. The quantitative estimate of drug-likeness (QED) is 0.865. The van der Waals surface area contributed by atoms with Crippen molar-refractivity contribution in [1.29, 1.82) is 0 Å². The van der Waals surface area contributed by atoms with Gasteiger partial charge in [-0.1, -0.05) is 13.8 Å². The SMILES string of the molecule is COc1ccnc(OC)c1C1(CN)CC1(C)C. The summed E-state index contributed by atoms with van der Waals surface area (Å²) in [5.41, 5.74) is 7.10. The molecule has 94 valence electrons. The Kier molecular flexibility index (Phi) is 2.78. The number of methoxy groups -OCH3 is 2. The van der Waals surface area contributed by atoms with Gasteiger partial charge in [0.15, 0.2) is 0 Å². The van der Waals surface area contributed by atoms with Crippen molar-refractivity contribution in [2.24, 2.45) is 11.1 Å². The van der Waals surface area contributed by atoms with Crippen LogP contribution in [0.5, 0.6) is 11.6 Å². The Bertz CT molecular complexity index is 409. The molecule has 4 nitrogen and oxygen atoms in total. The van der Waals surface area contributed by atoms with Gasteiger partial charge in [0.1, 0.15) is 5.75 Å². The van der Waals surface area contributed by atoms with E-state index in [0.717, 1.165) is 17.7 Å². The average Bonchev–Trinajstić information content (AvgIpc) is 2.91. The first kappa shape index (κ1) is 12.2. The van der Waals surface area contributed by atoms with Gasteiger partial charge in [0.05, 0.1) is 19.8 Å². The summed E-state index contributed by atoms with van der Waals surface area (Å²) in [6, 6.07) is 1.86. The van der Waals surface area contributed by atoms with Gasteiger partial charge < -0.3 is 15.2 Å². The van der Waals surface area contributed by atoms with Crippen molar-refractivity contribution in [1.82, 2.24) is 4.98 Å². The maximum Gasteiger partial charge on any atom is 0.220 e. The van der Waals surface area contributed by atoms with Gasteiger partial charge in [-0.25, -0.2) is 4.98 Å². The van der Waals surface area contributed by atoms with Crippen LogP contribution in [0.2, 0.25) is 0 Å². The lowest BCUT2D eigenvalue weighted by Gasteiger charge is -2.23. The van der Waals surface area contributed by atoms with E-state index >= 15 is 0 Å². The summed E-state index contributed by atoms with van der Waals surface area (Å²) in [5.74, 6) is 1.44. The van der Waals surface area contributed by atoms with Crippen LogP contribution in [0.3, 0.4) is 0 Å². The molecular weight excluding hydrogens is 216 g/mol. The van der Waals surface area contributed by atoms with E-state index in [1.807, 2.05) is 6.07 Å². The molecule has 1 aromatic rings. The van der Waals surface area contributed by atoms with Gasteiger partial charge in [-0.15, -0.1) is 0 Å². The van der Waals surface area contributed by atoms with Crippen LogP contribution in [0.15, 0.2) is 12.3 Å². The van der Waals surface area contributed by atoms with E-state index in [0.29, 0.717) is 12.4 Å². The van der Waals surface area contributed by atoms with E-state index in [1.165, 1.54) is 0 Å². The Morgan fingerprint density at radius 2 is 2.00 bits per heavy atom. The van der Waals surface area contributed by atoms with Crippen molar-refractivity contribution in [2.45, 2.75) is 25.7 Å². The van der Waals surface area contributed by atoms with Gasteiger partial charge in [0, 0.05) is 18.2 Å². The summed E-state index contributed by atoms with van der Waals surface area (Å²) in [6.07, 6.45) is 2.73. The molecule has 17 heavy (non-hydrogen) atoms. The van der Waals surface area contributed by atoms with Crippen LogP contribution < -0.4 is 15.2 Å². The minimum absolute atomic E-state index is 0.0715. The average molecular weight is 236 g/mol. The minimum atomic E-state index is -0.0715. The van der Waals surface area contributed by atoms with Crippen LogP contribution in [0.1, 0.15) is 25.8 Å². The molecule has 0 radical (unpaired) electrons. The van der Waals surface area contributed by atoms with Gasteiger partial charge in [-0.05, 0) is 17.9 Å². The molecule has 1 atom stereocenters. The van der Waals surface area contributed by atoms with Crippen LogP contribution in [-0.4, -0.2) is 25.7 Å². The highest BCUT2D eigenvalue weighted by molar-refractivity contribution is 5.52. The molecule has 2 N–H and O–H groups in total. The van der Waals surface area contributed by atoms with E-state index in [2.05, 4.69) is 18.8 Å². The number of nitrogens with two attached hydrogens (primary N) is 1. The highest BCUT2D eigenvalue weighted by Gasteiger charge is 2.63. The van der Waals surface area contributed by atoms with Gasteiger partial charge in [0.25, 0.3) is 0 Å². The van der Waals surface area contributed by atoms with Crippen molar-refractivity contribution in [3.8, 4) is 11.6 Å². The Hall–Kier alpha value is -1.29. The Balaban J connectivity index is 2.58. The molecule has 0 saturated heterocycles. The zero-order valence-corrected chi connectivity index (χ0v) is 10.9. The number of hydrogen-bond donors (Lipinski definition) is 1. The molecule has 0 aromatic carbocycles. The molecule has 1 saturated carbocycles. The molecule has 2 rings (SSSR count). The topological polar surface area (TPSA) is 57.4 Å². The highest BCUT2D eigenvalue weighted by Crippen LogP contribution is 2.66. The Labute approximate surface area is 102 Å². The van der Waals surface area contributed by atoms with Gasteiger partial charge >= 0.3 is 0 Å². The lowest BCUT2D eigenvalue weighted by Crippen LogP contribution is -2.26. The summed E-state index contributed by atoms with van der Waals surface area (Å²) >= 11 is 0. The molecule has 1 aliphatic rings. The van der Waals surface area contributed by atoms with Crippen molar-refractivity contribution < 1.29 is 9.47 Å². The number of hydrogen-bond acceptors (Lipinski definition) is 4. The molecule has 1 aliphatic carbocycles. The van der Waals surface area contributed by atoms with Crippen LogP contribution >= 0.6 is 0 Å². The number of aromatic nitrogens is 1. The molecule has 1 unspecified atom stereocenters. The van der Waals surface area contributed by atoms with Gasteiger partial charge in [-0.2, -0.15) is 0 Å². The largest absolute Gasteiger partial charge is 0.496 e. The fourth-order valence-electron chi connectivity index (χ4n) is 2.78. The van der Waals surface area contributed by atoms with Crippen molar-refractivity contribution >= 4 is 0 Å². The number of nitrogens with zero attached hydrogens (tertiary/aromatic N) is 1. The lowest BCUT2D eigenvalue weighted by molar-refractivity contribution is 0.355. The molecule has 1 heterocycles. The van der Waals surface area contributed by atoms with E-state index < -0.39 is 0 Å². The van der Waals surface area contributed by atoms with Gasteiger partial charge in [0.2, 0.25) is 5.88 Å². The minimum Gasteiger partial charge on any atom is -0.496 e. The summed E-state index contributed by atoms with van der Waals surface area (Å²) in [6.45, 7) is 5.01. The molecule has 0 bridgehead atoms. The maximum atomic E-state index is 5.98. The third-order valence-electron chi connectivity index (χ3n) is 4.03. The summed E-state index contributed by atoms with van der Waals surface area (Å²) in [7, 11) is 3.29. The summed E-state index contributed by atoms with van der Waals surface area (Å²) in [5, 5.41) is 0. The summed E-state index contributed by atoms with van der Waals surface area (Å²) < 4.78 is 10.8. The second-order valence-corrected chi connectivity index (χ2v) is 5.24. The molecule has 1 aromatic heterocycles. The predicted octanol–water partition coefficient (Wildman–Crippen LogP) is 1.73. The number of rotatable bonds is 4. The Morgan fingerprint density at radius 3 is 2.41 bits per heavy atom. The van der Waals surface area contributed by atoms with Crippen molar-refractivity contribution in [3.05, 3.63) is 17.8 Å². The normalized spacial score (nSPS) is 25.5. The van der Waals surface area contributed by atoms with E-state index in [9.17, 15) is 0 Å². The number of ether oxygens (including phenoxy) is 2. The lowest BCUT2D eigenvalue weighted by atomic mass is 9.88. The second kappa shape index (κ2) is 3.88. The third kappa shape index (κ3) is 1.59. The van der Waals surface area contributed by atoms with E-state index in [4.69, 9.17) is 15.2 Å². The maximum absolute atomic E-state index is 5.98. The Morgan fingerprint density at radius 1 is 1.35 bits per heavy atom. The van der Waals surface area contributed by atoms with E-state index in [1.54, 1.807) is 20.4 Å². The molecule has 0 aliphatic heterocycles. The highest BCUT2D eigenvalue weighted by atomic mass is 16.5. The molecular formula is C13H20N2O2. The third-order valence-corrected chi connectivity index (χ3v) is 4.03. The van der Waals surface area contributed by atoms with E-state index in [-0.39, 0.29) is 10.8 Å². The standard InChI is InChI=1S/C13H20N2O2/c1-12(2)7-13(12,8-14)10-9(16-3)5-6-15-11(10)17-4/h5-6H,7-8,14H2,1-4H3. The predicted molar refractivity (Wildman–Crippen MR) is 66.5 cm³/mol. The zero-order valence-electron chi connectivity index (χ0n) is 10.9. The monoisotopic (exact) mass is 236 g/mol.